The van der Waals surface area contributed by atoms with E-state index in [1.807, 2.05) is 52.0 Å². The first kappa shape index (κ1) is 22.7. The summed E-state index contributed by atoms with van der Waals surface area (Å²) in [6.07, 6.45) is 1.51. The second-order valence-electron chi connectivity index (χ2n) is 7.96. The first-order chi connectivity index (χ1) is 15.9. The Bertz CT molecular complexity index is 1340. The van der Waals surface area contributed by atoms with Crippen LogP contribution in [-0.4, -0.2) is 28.0 Å². The quantitative estimate of drug-likeness (QED) is 0.323. The molecule has 0 unspecified atom stereocenters. The number of carbonyl (C=O) groups is 1. The van der Waals surface area contributed by atoms with Gasteiger partial charge >= 0.3 is 0 Å². The van der Waals surface area contributed by atoms with E-state index in [2.05, 4.69) is 4.98 Å². The molecule has 0 aliphatic rings. The Morgan fingerprint density at radius 3 is 2.36 bits per heavy atom. The Morgan fingerprint density at radius 2 is 1.73 bits per heavy atom. The van der Waals surface area contributed by atoms with Crippen LogP contribution >= 0.6 is 11.3 Å². The lowest BCUT2D eigenvalue weighted by molar-refractivity contribution is 0.0970. The van der Waals surface area contributed by atoms with Gasteiger partial charge in [0, 0.05) is 16.0 Å². The van der Waals surface area contributed by atoms with E-state index in [0.717, 1.165) is 21.8 Å². The van der Waals surface area contributed by atoms with Crippen molar-refractivity contribution >= 4 is 27.3 Å². The first-order valence-corrected chi connectivity index (χ1v) is 11.7. The topological polar surface area (TPSA) is 70.4 Å². The SMILES string of the molecule is CCOc1ccc(-c2c(C)sc3ncn(CC(=O)c4ccc(OC(C)C)cc4)c(=O)c23)cc1. The lowest BCUT2D eigenvalue weighted by atomic mass is 10.0. The van der Waals surface area contributed by atoms with E-state index in [0.29, 0.717) is 28.1 Å². The number of hydrogen-bond donors (Lipinski definition) is 0. The molecule has 33 heavy (non-hydrogen) atoms. The Morgan fingerprint density at radius 1 is 1.06 bits per heavy atom. The monoisotopic (exact) mass is 462 g/mol. The molecule has 0 aliphatic carbocycles. The highest BCUT2D eigenvalue weighted by molar-refractivity contribution is 7.19. The maximum absolute atomic E-state index is 13.4. The summed E-state index contributed by atoms with van der Waals surface area (Å²) in [5.74, 6) is 1.32. The zero-order valence-electron chi connectivity index (χ0n) is 19.1. The third-order valence-corrected chi connectivity index (χ3v) is 6.18. The number of carbonyl (C=O) groups excluding carboxylic acids is 1. The number of hydrogen-bond acceptors (Lipinski definition) is 6. The summed E-state index contributed by atoms with van der Waals surface area (Å²) in [5, 5.41) is 0.539. The van der Waals surface area contributed by atoms with E-state index in [1.54, 1.807) is 24.3 Å². The predicted octanol–water partition coefficient (Wildman–Crippen LogP) is 5.50. The third kappa shape index (κ3) is 4.83. The van der Waals surface area contributed by atoms with Gasteiger partial charge < -0.3 is 9.47 Å². The Kier molecular flexibility index (Phi) is 6.60. The van der Waals surface area contributed by atoms with Gasteiger partial charge in [0.15, 0.2) is 5.78 Å². The second-order valence-corrected chi connectivity index (χ2v) is 9.17. The molecule has 0 saturated heterocycles. The Balaban J connectivity index is 1.66. The van der Waals surface area contributed by atoms with Crippen LogP contribution < -0.4 is 15.0 Å². The minimum atomic E-state index is -0.221. The van der Waals surface area contributed by atoms with E-state index in [9.17, 15) is 9.59 Å². The number of nitrogens with zero attached hydrogens (tertiary/aromatic N) is 2. The minimum Gasteiger partial charge on any atom is -0.494 e. The summed E-state index contributed by atoms with van der Waals surface area (Å²) in [6, 6.07) is 14.7. The smallest absolute Gasteiger partial charge is 0.263 e. The first-order valence-electron chi connectivity index (χ1n) is 10.9. The van der Waals surface area contributed by atoms with Crippen molar-refractivity contribution in [1.82, 2.24) is 9.55 Å². The summed E-state index contributed by atoms with van der Waals surface area (Å²) >= 11 is 1.48. The van der Waals surface area contributed by atoms with Crippen LogP contribution in [0.25, 0.3) is 21.3 Å². The number of fused-ring (bicyclic) bond motifs is 1. The molecule has 0 N–H and O–H groups in total. The molecule has 2 aromatic carbocycles. The molecule has 170 valence electrons. The summed E-state index contributed by atoms with van der Waals surface area (Å²) in [7, 11) is 0. The molecular weight excluding hydrogens is 436 g/mol. The van der Waals surface area contributed by atoms with Crippen molar-refractivity contribution in [2.24, 2.45) is 0 Å². The summed E-state index contributed by atoms with van der Waals surface area (Å²) in [4.78, 5) is 32.4. The molecule has 7 heteroatoms. The molecule has 0 radical (unpaired) electrons. The van der Waals surface area contributed by atoms with Crippen molar-refractivity contribution in [1.29, 1.82) is 0 Å². The van der Waals surface area contributed by atoms with Gasteiger partial charge in [-0.3, -0.25) is 14.2 Å². The third-order valence-electron chi connectivity index (χ3n) is 5.17. The van der Waals surface area contributed by atoms with Gasteiger partial charge in [-0.25, -0.2) is 4.98 Å². The minimum absolute atomic E-state index is 0.0570. The molecular formula is C26H26N2O4S. The molecule has 0 saturated carbocycles. The Hall–Kier alpha value is -3.45. The number of ether oxygens (including phenoxy) is 2. The molecule has 0 aliphatic heterocycles. The zero-order valence-corrected chi connectivity index (χ0v) is 19.9. The van der Waals surface area contributed by atoms with Gasteiger partial charge in [-0.1, -0.05) is 12.1 Å². The van der Waals surface area contributed by atoms with Crippen molar-refractivity contribution in [2.75, 3.05) is 6.61 Å². The molecule has 4 aromatic rings. The van der Waals surface area contributed by atoms with E-state index < -0.39 is 0 Å². The molecule has 0 amide bonds. The number of thiophene rings is 1. The molecule has 0 spiro atoms. The largest absolute Gasteiger partial charge is 0.494 e. The number of rotatable bonds is 8. The van der Waals surface area contributed by atoms with Gasteiger partial charge in [-0.05, 0) is 69.7 Å². The molecule has 6 nitrogen and oxygen atoms in total. The average molecular weight is 463 g/mol. The maximum Gasteiger partial charge on any atom is 0.263 e. The van der Waals surface area contributed by atoms with Crippen molar-refractivity contribution in [2.45, 2.75) is 40.3 Å². The number of benzene rings is 2. The molecule has 0 atom stereocenters. The molecule has 0 fully saturated rings. The fourth-order valence-electron chi connectivity index (χ4n) is 3.72. The lowest BCUT2D eigenvalue weighted by Gasteiger charge is -2.10. The molecule has 2 heterocycles. The number of ketones is 1. The highest BCUT2D eigenvalue weighted by Crippen LogP contribution is 2.36. The van der Waals surface area contributed by atoms with Gasteiger partial charge in [0.25, 0.3) is 5.56 Å². The van der Waals surface area contributed by atoms with Crippen molar-refractivity contribution in [3.63, 3.8) is 0 Å². The van der Waals surface area contributed by atoms with Gasteiger partial charge in [0.2, 0.25) is 0 Å². The van der Waals surface area contributed by atoms with Crippen LogP contribution in [0.4, 0.5) is 0 Å². The zero-order chi connectivity index (χ0) is 23.5. The fourth-order valence-corrected chi connectivity index (χ4v) is 4.72. The molecule has 2 aromatic heterocycles. The van der Waals surface area contributed by atoms with Crippen LogP contribution in [0.5, 0.6) is 11.5 Å². The van der Waals surface area contributed by atoms with E-state index in [-0.39, 0.29) is 24.0 Å². The second kappa shape index (κ2) is 9.58. The highest BCUT2D eigenvalue weighted by Gasteiger charge is 2.18. The van der Waals surface area contributed by atoms with Gasteiger partial charge in [-0.15, -0.1) is 11.3 Å². The van der Waals surface area contributed by atoms with E-state index >= 15 is 0 Å². The Labute approximate surface area is 196 Å². The van der Waals surface area contributed by atoms with Gasteiger partial charge in [-0.2, -0.15) is 0 Å². The van der Waals surface area contributed by atoms with Crippen LogP contribution in [0.2, 0.25) is 0 Å². The van der Waals surface area contributed by atoms with E-state index in [4.69, 9.17) is 9.47 Å². The van der Waals surface area contributed by atoms with Crippen molar-refractivity contribution in [3.05, 3.63) is 75.7 Å². The summed E-state index contributed by atoms with van der Waals surface area (Å²) in [6.45, 7) is 8.33. The number of aryl methyl sites for hydroxylation is 1. The summed E-state index contributed by atoms with van der Waals surface area (Å²) in [5.41, 5.74) is 2.08. The highest BCUT2D eigenvalue weighted by atomic mass is 32.1. The van der Waals surface area contributed by atoms with Crippen molar-refractivity contribution < 1.29 is 14.3 Å². The van der Waals surface area contributed by atoms with Crippen molar-refractivity contribution in [3.8, 4) is 22.6 Å². The number of aromatic nitrogens is 2. The van der Waals surface area contributed by atoms with Gasteiger partial charge in [0.05, 0.1) is 31.0 Å². The molecule has 0 bridgehead atoms. The van der Waals surface area contributed by atoms with Crippen LogP contribution in [0.3, 0.4) is 0 Å². The normalized spacial score (nSPS) is 11.2. The van der Waals surface area contributed by atoms with Crippen LogP contribution in [0.15, 0.2) is 59.7 Å². The summed E-state index contributed by atoms with van der Waals surface area (Å²) < 4.78 is 12.5. The molecule has 4 rings (SSSR count). The van der Waals surface area contributed by atoms with E-state index in [1.165, 1.54) is 22.2 Å². The lowest BCUT2D eigenvalue weighted by Crippen LogP contribution is -2.24. The van der Waals surface area contributed by atoms with Crippen LogP contribution in [-0.2, 0) is 6.54 Å². The van der Waals surface area contributed by atoms with Crippen LogP contribution in [0, 0.1) is 6.92 Å². The maximum atomic E-state index is 13.4. The standard InChI is InChI=1S/C26H26N2O4S/c1-5-31-20-10-8-19(9-11-20)23-17(4)33-25-24(23)26(30)28(15-27-25)14-22(29)18-6-12-21(13-7-18)32-16(2)3/h6-13,15-16H,5,14H2,1-4H3. The average Bonchev–Trinajstić information content (AvgIpc) is 3.13. The van der Waals surface area contributed by atoms with Crippen LogP contribution in [0.1, 0.15) is 36.0 Å². The fraction of sp³-hybridized carbons (Fsp3) is 0.269. The predicted molar refractivity (Wildman–Crippen MR) is 132 cm³/mol. The number of Topliss-reactive ketones (excluding diaryl/α,β-unsaturated/α-hetero) is 1. The van der Waals surface area contributed by atoms with Gasteiger partial charge in [0.1, 0.15) is 16.3 Å².